The van der Waals surface area contributed by atoms with Crippen molar-refractivity contribution in [1.82, 2.24) is 20.8 Å². The van der Waals surface area contributed by atoms with Gasteiger partial charge in [-0.3, -0.25) is 4.99 Å². The molecule has 0 amide bonds. The van der Waals surface area contributed by atoms with Crippen molar-refractivity contribution in [2.75, 3.05) is 33.4 Å². The number of nitrogens with one attached hydrogen (secondary N) is 2. The lowest BCUT2D eigenvalue weighted by Crippen LogP contribution is -2.39. The number of hydrogen-bond acceptors (Lipinski definition) is 5. The van der Waals surface area contributed by atoms with Crippen molar-refractivity contribution in [2.45, 2.75) is 19.8 Å². The number of aliphatic imine (C=N–C) groups is 1. The minimum absolute atomic E-state index is 0. The highest BCUT2D eigenvalue weighted by molar-refractivity contribution is 14.0. The van der Waals surface area contributed by atoms with E-state index in [9.17, 15) is 0 Å². The van der Waals surface area contributed by atoms with E-state index >= 15 is 0 Å². The lowest BCUT2D eigenvalue weighted by atomic mass is 10.2. The number of rotatable bonds is 9. The van der Waals surface area contributed by atoms with E-state index in [1.165, 1.54) is 0 Å². The molecular formula is C17H25ClIN5O2. The Balaban J connectivity index is 0.00000338. The van der Waals surface area contributed by atoms with E-state index in [4.69, 9.17) is 20.9 Å². The van der Waals surface area contributed by atoms with Gasteiger partial charge in [0.05, 0.1) is 0 Å². The quantitative estimate of drug-likeness (QED) is 0.242. The Labute approximate surface area is 176 Å². The second kappa shape index (κ2) is 12.9. The van der Waals surface area contributed by atoms with Crippen molar-refractivity contribution in [3.8, 4) is 11.4 Å². The smallest absolute Gasteiger partial charge is 0.228 e. The number of halogens is 2. The highest BCUT2D eigenvalue weighted by Gasteiger charge is 2.08. The Morgan fingerprint density at radius 1 is 1.23 bits per heavy atom. The maximum Gasteiger partial charge on any atom is 0.228 e. The Hall–Kier alpha value is -1.39. The molecule has 1 aromatic carbocycles. The fraction of sp³-hybridized carbons (Fsp3) is 0.471. The molecule has 0 unspecified atom stereocenters. The van der Waals surface area contributed by atoms with Crippen LogP contribution >= 0.6 is 35.6 Å². The van der Waals surface area contributed by atoms with E-state index in [1.807, 2.05) is 19.1 Å². The zero-order valence-electron chi connectivity index (χ0n) is 15.0. The van der Waals surface area contributed by atoms with E-state index in [-0.39, 0.29) is 24.0 Å². The van der Waals surface area contributed by atoms with Crippen LogP contribution in [0.1, 0.15) is 19.2 Å². The number of nitrogens with zero attached hydrogens (tertiary/aromatic N) is 3. The van der Waals surface area contributed by atoms with Crippen LogP contribution in [0, 0.1) is 0 Å². The molecule has 2 N–H and O–H groups in total. The van der Waals surface area contributed by atoms with Gasteiger partial charge in [0.15, 0.2) is 5.96 Å². The zero-order valence-corrected chi connectivity index (χ0v) is 18.1. The Bertz CT molecular complexity index is 663. The lowest BCUT2D eigenvalue weighted by molar-refractivity contribution is 0.145. The molecule has 1 heterocycles. The minimum Gasteiger partial charge on any atom is -0.382 e. The van der Waals surface area contributed by atoms with Crippen molar-refractivity contribution in [2.24, 2.45) is 4.99 Å². The molecule has 0 spiro atoms. The summed E-state index contributed by atoms with van der Waals surface area (Å²) >= 11 is 5.88. The fourth-order valence-corrected chi connectivity index (χ4v) is 2.23. The lowest BCUT2D eigenvalue weighted by Gasteiger charge is -2.10. The number of hydrogen-bond donors (Lipinski definition) is 2. The van der Waals surface area contributed by atoms with Gasteiger partial charge in [-0.05, 0) is 37.6 Å². The SMILES string of the molecule is CCOCCCNC(=NC)NCCc1nc(-c2ccc(Cl)cc2)no1.I. The monoisotopic (exact) mass is 493 g/mol. The molecule has 7 nitrogen and oxygen atoms in total. The molecule has 0 fully saturated rings. The zero-order chi connectivity index (χ0) is 17.9. The molecule has 0 aliphatic heterocycles. The van der Waals surface area contributed by atoms with Gasteiger partial charge in [-0.25, -0.2) is 0 Å². The van der Waals surface area contributed by atoms with Crippen molar-refractivity contribution in [3.05, 3.63) is 35.2 Å². The first-order chi connectivity index (χ1) is 12.2. The Morgan fingerprint density at radius 3 is 2.65 bits per heavy atom. The average molecular weight is 494 g/mol. The first-order valence-corrected chi connectivity index (χ1v) is 8.71. The molecule has 26 heavy (non-hydrogen) atoms. The summed E-state index contributed by atoms with van der Waals surface area (Å²) < 4.78 is 10.6. The van der Waals surface area contributed by atoms with Gasteiger partial charge < -0.3 is 19.9 Å². The van der Waals surface area contributed by atoms with Crippen LogP contribution in [-0.4, -0.2) is 49.5 Å². The van der Waals surface area contributed by atoms with Gasteiger partial charge in [0.1, 0.15) is 0 Å². The van der Waals surface area contributed by atoms with Crippen molar-refractivity contribution in [1.29, 1.82) is 0 Å². The third-order valence-electron chi connectivity index (χ3n) is 3.39. The molecule has 2 aromatic rings. The van der Waals surface area contributed by atoms with Crippen LogP contribution in [0.25, 0.3) is 11.4 Å². The number of aromatic nitrogens is 2. The molecule has 0 aliphatic rings. The largest absolute Gasteiger partial charge is 0.382 e. The van der Waals surface area contributed by atoms with Gasteiger partial charge in [0.25, 0.3) is 0 Å². The van der Waals surface area contributed by atoms with E-state index in [2.05, 4.69) is 25.8 Å². The summed E-state index contributed by atoms with van der Waals surface area (Å²) in [5.74, 6) is 1.88. The third-order valence-corrected chi connectivity index (χ3v) is 3.64. The highest BCUT2D eigenvalue weighted by atomic mass is 127. The fourth-order valence-electron chi connectivity index (χ4n) is 2.11. The molecule has 0 saturated carbocycles. The molecule has 0 bridgehead atoms. The van der Waals surface area contributed by atoms with Crippen LogP contribution in [0.3, 0.4) is 0 Å². The van der Waals surface area contributed by atoms with Gasteiger partial charge in [-0.15, -0.1) is 24.0 Å². The van der Waals surface area contributed by atoms with Crippen molar-refractivity contribution in [3.63, 3.8) is 0 Å². The molecular weight excluding hydrogens is 469 g/mol. The summed E-state index contributed by atoms with van der Waals surface area (Å²) in [6, 6.07) is 7.33. The maximum absolute atomic E-state index is 5.88. The predicted octanol–water partition coefficient (Wildman–Crippen LogP) is 3.14. The third kappa shape index (κ3) is 7.88. The van der Waals surface area contributed by atoms with Crippen LogP contribution in [0.5, 0.6) is 0 Å². The minimum atomic E-state index is 0. The van der Waals surface area contributed by atoms with Crippen LogP contribution in [-0.2, 0) is 11.2 Å². The maximum atomic E-state index is 5.88. The summed E-state index contributed by atoms with van der Waals surface area (Å²) in [4.78, 5) is 8.56. The molecule has 2 rings (SSSR count). The molecule has 144 valence electrons. The summed E-state index contributed by atoms with van der Waals surface area (Å²) in [5, 5.41) is 11.1. The molecule has 0 radical (unpaired) electrons. The first kappa shape index (κ1) is 22.7. The van der Waals surface area contributed by atoms with Gasteiger partial charge >= 0.3 is 0 Å². The molecule has 0 aliphatic carbocycles. The van der Waals surface area contributed by atoms with Gasteiger partial charge in [-0.1, -0.05) is 16.8 Å². The van der Waals surface area contributed by atoms with E-state index in [0.29, 0.717) is 29.7 Å². The number of benzene rings is 1. The summed E-state index contributed by atoms with van der Waals surface area (Å²) in [5.41, 5.74) is 0.874. The molecule has 1 aromatic heterocycles. The number of ether oxygens (including phenoxy) is 1. The second-order valence-corrected chi connectivity index (χ2v) is 5.68. The van der Waals surface area contributed by atoms with Gasteiger partial charge in [0, 0.05) is 50.4 Å². The van der Waals surface area contributed by atoms with E-state index < -0.39 is 0 Å². The topological polar surface area (TPSA) is 84.6 Å². The van der Waals surface area contributed by atoms with Gasteiger partial charge in [-0.2, -0.15) is 4.98 Å². The van der Waals surface area contributed by atoms with Crippen molar-refractivity contribution >= 4 is 41.5 Å². The molecule has 0 saturated heterocycles. The van der Waals surface area contributed by atoms with E-state index in [1.54, 1.807) is 19.2 Å². The van der Waals surface area contributed by atoms with Crippen LogP contribution < -0.4 is 10.6 Å². The first-order valence-electron chi connectivity index (χ1n) is 8.33. The molecule has 0 atom stereocenters. The summed E-state index contributed by atoms with van der Waals surface area (Å²) in [6.07, 6.45) is 1.54. The highest BCUT2D eigenvalue weighted by Crippen LogP contribution is 2.18. The predicted molar refractivity (Wildman–Crippen MR) is 114 cm³/mol. The van der Waals surface area contributed by atoms with Crippen molar-refractivity contribution < 1.29 is 9.26 Å². The summed E-state index contributed by atoms with van der Waals surface area (Å²) in [6.45, 7) is 4.93. The van der Waals surface area contributed by atoms with Crippen LogP contribution in [0.15, 0.2) is 33.8 Å². The van der Waals surface area contributed by atoms with E-state index in [0.717, 1.165) is 37.7 Å². The normalized spacial score (nSPS) is 11.1. The second-order valence-electron chi connectivity index (χ2n) is 5.24. The number of guanidine groups is 1. The average Bonchev–Trinajstić information content (AvgIpc) is 3.09. The Morgan fingerprint density at radius 2 is 1.96 bits per heavy atom. The standard InChI is InChI=1S/C17H24ClN5O2.HI/c1-3-24-12-4-10-20-17(19-2)21-11-9-15-22-16(23-25-15)13-5-7-14(18)8-6-13;/h5-8H,3-4,9-12H2,1-2H3,(H2,19,20,21);1H. The Kier molecular flexibility index (Phi) is 11.2. The summed E-state index contributed by atoms with van der Waals surface area (Å²) in [7, 11) is 1.74. The van der Waals surface area contributed by atoms with Crippen LogP contribution in [0.4, 0.5) is 0 Å². The van der Waals surface area contributed by atoms with Crippen LogP contribution in [0.2, 0.25) is 5.02 Å². The van der Waals surface area contributed by atoms with Gasteiger partial charge in [0.2, 0.25) is 11.7 Å². The molecule has 9 heteroatoms.